The predicted octanol–water partition coefficient (Wildman–Crippen LogP) is 1.20. The molecular formula is C13H19F2N3O2. The maximum absolute atomic E-state index is 13.2. The molecule has 0 aliphatic heterocycles. The van der Waals surface area contributed by atoms with Crippen LogP contribution in [0, 0.1) is 11.6 Å². The Morgan fingerprint density at radius 2 is 1.95 bits per heavy atom. The van der Waals surface area contributed by atoms with Crippen LogP contribution >= 0.6 is 0 Å². The molecule has 7 heteroatoms. The summed E-state index contributed by atoms with van der Waals surface area (Å²) in [4.78, 5) is 13.3. The van der Waals surface area contributed by atoms with Crippen molar-refractivity contribution in [2.24, 2.45) is 0 Å². The van der Waals surface area contributed by atoms with Crippen molar-refractivity contribution in [3.8, 4) is 5.75 Å². The number of ether oxygens (including phenoxy) is 1. The van der Waals surface area contributed by atoms with Gasteiger partial charge in [-0.15, -0.1) is 0 Å². The van der Waals surface area contributed by atoms with E-state index in [1.54, 1.807) is 0 Å². The van der Waals surface area contributed by atoms with Gasteiger partial charge in [0.05, 0.1) is 6.54 Å². The molecule has 0 heterocycles. The van der Waals surface area contributed by atoms with Crippen molar-refractivity contribution >= 4 is 6.03 Å². The topological polar surface area (TPSA) is 53.6 Å². The van der Waals surface area contributed by atoms with Gasteiger partial charge in [0.1, 0.15) is 12.4 Å². The molecule has 0 aliphatic carbocycles. The predicted molar refractivity (Wildman–Crippen MR) is 71.8 cm³/mol. The van der Waals surface area contributed by atoms with Crippen molar-refractivity contribution in [1.29, 1.82) is 0 Å². The first-order chi connectivity index (χ1) is 9.49. The number of amides is 2. The molecule has 0 spiro atoms. The van der Waals surface area contributed by atoms with Crippen molar-refractivity contribution in [2.75, 3.05) is 40.3 Å². The first-order valence-electron chi connectivity index (χ1n) is 6.23. The number of halogens is 2. The number of rotatable bonds is 7. The summed E-state index contributed by atoms with van der Waals surface area (Å²) in [6.07, 6.45) is 0. The lowest BCUT2D eigenvalue weighted by molar-refractivity contribution is 0.234. The molecule has 0 fully saturated rings. The number of hydrogen-bond donors (Lipinski definition) is 2. The van der Waals surface area contributed by atoms with Crippen molar-refractivity contribution in [3.05, 3.63) is 29.8 Å². The molecule has 5 nitrogen and oxygen atoms in total. The van der Waals surface area contributed by atoms with E-state index in [2.05, 4.69) is 10.6 Å². The van der Waals surface area contributed by atoms with Crippen LogP contribution in [0.25, 0.3) is 0 Å². The van der Waals surface area contributed by atoms with Gasteiger partial charge in [-0.25, -0.2) is 13.6 Å². The molecule has 0 bridgehead atoms. The van der Waals surface area contributed by atoms with Crippen molar-refractivity contribution in [2.45, 2.75) is 0 Å². The molecule has 1 aromatic rings. The summed E-state index contributed by atoms with van der Waals surface area (Å²) in [5.74, 6) is -1.46. The first kappa shape index (κ1) is 16.2. The van der Waals surface area contributed by atoms with Gasteiger partial charge in [0, 0.05) is 19.2 Å². The number of benzene rings is 1. The Hall–Kier alpha value is -1.89. The van der Waals surface area contributed by atoms with Gasteiger partial charge in [-0.3, -0.25) is 0 Å². The van der Waals surface area contributed by atoms with Crippen LogP contribution in [0.1, 0.15) is 0 Å². The maximum Gasteiger partial charge on any atom is 0.314 e. The quantitative estimate of drug-likeness (QED) is 0.741. The lowest BCUT2D eigenvalue weighted by atomic mass is 10.3. The Labute approximate surface area is 116 Å². The highest BCUT2D eigenvalue weighted by Gasteiger charge is 2.05. The Balaban J connectivity index is 2.16. The summed E-state index contributed by atoms with van der Waals surface area (Å²) in [5.41, 5.74) is 0. The third-order valence-corrected chi connectivity index (χ3v) is 2.38. The van der Waals surface area contributed by atoms with Crippen molar-refractivity contribution in [1.82, 2.24) is 15.5 Å². The average Bonchev–Trinajstić information content (AvgIpc) is 2.36. The molecule has 0 atom stereocenters. The van der Waals surface area contributed by atoms with E-state index in [-0.39, 0.29) is 24.9 Å². The van der Waals surface area contributed by atoms with E-state index in [4.69, 9.17) is 4.74 Å². The van der Waals surface area contributed by atoms with Crippen LogP contribution in [0.15, 0.2) is 18.2 Å². The van der Waals surface area contributed by atoms with E-state index in [0.717, 1.165) is 18.7 Å². The van der Waals surface area contributed by atoms with E-state index < -0.39 is 11.6 Å². The van der Waals surface area contributed by atoms with E-state index in [0.29, 0.717) is 6.54 Å². The molecular weight excluding hydrogens is 268 g/mol. The molecule has 0 aromatic heterocycles. The zero-order valence-electron chi connectivity index (χ0n) is 11.6. The van der Waals surface area contributed by atoms with Gasteiger partial charge in [-0.1, -0.05) is 0 Å². The number of nitrogens with one attached hydrogen (secondary N) is 2. The second kappa shape index (κ2) is 8.31. The highest BCUT2D eigenvalue weighted by molar-refractivity contribution is 5.73. The summed E-state index contributed by atoms with van der Waals surface area (Å²) in [7, 11) is 3.81. The number of urea groups is 1. The van der Waals surface area contributed by atoms with Crippen LogP contribution in [-0.4, -0.2) is 51.3 Å². The minimum absolute atomic E-state index is 0.0405. The third kappa shape index (κ3) is 6.33. The van der Waals surface area contributed by atoms with E-state index in [9.17, 15) is 13.6 Å². The van der Waals surface area contributed by atoms with Crippen LogP contribution in [-0.2, 0) is 0 Å². The zero-order chi connectivity index (χ0) is 15.0. The van der Waals surface area contributed by atoms with Gasteiger partial charge in [-0.2, -0.15) is 0 Å². The fraction of sp³-hybridized carbons (Fsp3) is 0.462. The molecule has 2 amide bonds. The highest BCUT2D eigenvalue weighted by Crippen LogP contribution is 2.17. The monoisotopic (exact) mass is 287 g/mol. The minimum Gasteiger partial charge on any atom is -0.489 e. The Kier molecular flexibility index (Phi) is 6.72. The van der Waals surface area contributed by atoms with E-state index in [1.807, 2.05) is 19.0 Å². The second-order valence-electron chi connectivity index (χ2n) is 4.41. The molecule has 20 heavy (non-hydrogen) atoms. The minimum atomic E-state index is -0.763. The molecule has 1 aromatic carbocycles. The zero-order valence-corrected chi connectivity index (χ0v) is 11.6. The molecule has 0 aliphatic rings. The molecule has 0 radical (unpaired) electrons. The molecule has 2 N–H and O–H groups in total. The number of carbonyl (C=O) groups excluding carboxylic acids is 1. The fourth-order valence-electron chi connectivity index (χ4n) is 1.37. The van der Waals surface area contributed by atoms with Crippen LogP contribution in [0.3, 0.4) is 0 Å². The van der Waals surface area contributed by atoms with Crippen LogP contribution in [0.4, 0.5) is 13.6 Å². The number of hydrogen-bond acceptors (Lipinski definition) is 3. The molecule has 112 valence electrons. The van der Waals surface area contributed by atoms with Gasteiger partial charge < -0.3 is 20.3 Å². The average molecular weight is 287 g/mol. The van der Waals surface area contributed by atoms with Gasteiger partial charge >= 0.3 is 6.03 Å². The van der Waals surface area contributed by atoms with Gasteiger partial charge in [0.15, 0.2) is 11.6 Å². The molecule has 0 saturated heterocycles. The number of carbonyl (C=O) groups is 1. The van der Waals surface area contributed by atoms with Gasteiger partial charge in [-0.05, 0) is 26.2 Å². The Morgan fingerprint density at radius 3 is 2.60 bits per heavy atom. The Bertz CT molecular complexity index is 442. The fourth-order valence-corrected chi connectivity index (χ4v) is 1.37. The summed E-state index contributed by atoms with van der Waals surface area (Å²) >= 11 is 0. The number of likely N-dealkylation sites (N-methyl/N-ethyl adjacent to an activating group) is 1. The summed E-state index contributed by atoms with van der Waals surface area (Å²) in [5, 5.41) is 5.23. The number of nitrogens with zero attached hydrogens (tertiary/aromatic N) is 1. The molecule has 0 unspecified atom stereocenters. The van der Waals surface area contributed by atoms with Crippen LogP contribution < -0.4 is 15.4 Å². The standard InChI is InChI=1S/C13H19F2N3O2/c1-18(2)7-5-16-13(19)17-6-8-20-12-4-3-10(14)9-11(12)15/h3-4,9H,5-8H2,1-2H3,(H2,16,17,19). The van der Waals surface area contributed by atoms with Crippen molar-refractivity contribution in [3.63, 3.8) is 0 Å². The lowest BCUT2D eigenvalue weighted by Crippen LogP contribution is -2.40. The normalized spacial score (nSPS) is 10.4. The second-order valence-corrected chi connectivity index (χ2v) is 4.41. The van der Waals surface area contributed by atoms with Crippen LogP contribution in [0.5, 0.6) is 5.75 Å². The van der Waals surface area contributed by atoms with E-state index in [1.165, 1.54) is 6.07 Å². The molecule has 1 rings (SSSR count). The smallest absolute Gasteiger partial charge is 0.314 e. The largest absolute Gasteiger partial charge is 0.489 e. The summed E-state index contributed by atoms with van der Waals surface area (Å²) in [6.45, 7) is 1.60. The van der Waals surface area contributed by atoms with E-state index >= 15 is 0 Å². The first-order valence-corrected chi connectivity index (χ1v) is 6.23. The van der Waals surface area contributed by atoms with Crippen molar-refractivity contribution < 1.29 is 18.3 Å². The van der Waals surface area contributed by atoms with Gasteiger partial charge in [0.2, 0.25) is 0 Å². The maximum atomic E-state index is 13.2. The summed E-state index contributed by atoms with van der Waals surface area (Å²) < 4.78 is 31.0. The van der Waals surface area contributed by atoms with Crippen LogP contribution in [0.2, 0.25) is 0 Å². The summed E-state index contributed by atoms with van der Waals surface area (Å²) in [6, 6.07) is 2.76. The highest BCUT2D eigenvalue weighted by atomic mass is 19.1. The third-order valence-electron chi connectivity index (χ3n) is 2.38. The SMILES string of the molecule is CN(C)CCNC(=O)NCCOc1ccc(F)cc1F. The lowest BCUT2D eigenvalue weighted by Gasteiger charge is -2.11. The Morgan fingerprint density at radius 1 is 1.25 bits per heavy atom. The van der Waals surface area contributed by atoms with Gasteiger partial charge in [0.25, 0.3) is 0 Å². The molecule has 0 saturated carbocycles.